The zero-order valence-electron chi connectivity index (χ0n) is 4.10. The lowest BCUT2D eigenvalue weighted by Crippen LogP contribution is -2.28. The smallest absolute Gasteiger partial charge is 0.0675 e. The molecular weight excluding hydrogens is 96.1 g/mol. The summed E-state index contributed by atoms with van der Waals surface area (Å²) in [6, 6.07) is 0. The van der Waals surface area contributed by atoms with Gasteiger partial charge in [-0.3, -0.25) is 0 Å². The quantitative estimate of drug-likeness (QED) is 0.382. The first-order valence-electron chi connectivity index (χ1n) is 1.89. The van der Waals surface area contributed by atoms with E-state index < -0.39 is 5.22 Å². The Balaban J connectivity index is 3.17. The van der Waals surface area contributed by atoms with E-state index in [-0.39, 0.29) is 6.61 Å². The maximum absolute atomic E-state index is 8.64. The van der Waals surface area contributed by atoms with Gasteiger partial charge >= 0.3 is 0 Å². The molecule has 0 aliphatic rings. The van der Waals surface area contributed by atoms with Gasteiger partial charge in [-0.05, 0) is 6.92 Å². The van der Waals surface area contributed by atoms with Crippen LogP contribution in [0.1, 0.15) is 6.92 Å². The van der Waals surface area contributed by atoms with Gasteiger partial charge in [0.05, 0.1) is 11.8 Å². The van der Waals surface area contributed by atoms with Gasteiger partial charge in [-0.25, -0.2) is 0 Å². The minimum absolute atomic E-state index is 0.112. The van der Waals surface area contributed by atoms with Gasteiger partial charge in [-0.15, -0.1) is 0 Å². The highest BCUT2D eigenvalue weighted by Gasteiger charge is 2.07. The highest BCUT2D eigenvalue weighted by atomic mass is 28.1. The Morgan fingerprint density at radius 3 is 2.00 bits per heavy atom. The van der Waals surface area contributed by atoms with Crippen LogP contribution in [-0.4, -0.2) is 32.3 Å². The Bertz CT molecular complexity index is 38.5. The molecule has 2 nitrogen and oxygen atoms in total. The van der Waals surface area contributed by atoms with Crippen molar-refractivity contribution in [1.82, 2.24) is 0 Å². The van der Waals surface area contributed by atoms with Crippen LogP contribution in [0.4, 0.5) is 0 Å². The molecule has 6 heavy (non-hydrogen) atoms. The fraction of sp³-hybridized carbons (Fsp3) is 1.00. The van der Waals surface area contributed by atoms with E-state index in [0.29, 0.717) is 10.2 Å². The standard InChI is InChI=1S/C3H10O2Si/c1-3(5,6)2-4/h4-5H,2H2,1,6H3. The van der Waals surface area contributed by atoms with Crippen molar-refractivity contribution < 1.29 is 10.2 Å². The van der Waals surface area contributed by atoms with Crippen LogP contribution in [0.5, 0.6) is 0 Å². The lowest BCUT2D eigenvalue weighted by Gasteiger charge is -2.10. The van der Waals surface area contributed by atoms with Crippen LogP contribution in [0.2, 0.25) is 0 Å². The summed E-state index contributed by atoms with van der Waals surface area (Å²) in [6.45, 7) is 1.50. The van der Waals surface area contributed by atoms with Crippen LogP contribution in [0.25, 0.3) is 0 Å². The average molecular weight is 106 g/mol. The summed E-state index contributed by atoms with van der Waals surface area (Å²) < 4.78 is 0. The summed E-state index contributed by atoms with van der Waals surface area (Å²) in [5.41, 5.74) is 0. The van der Waals surface area contributed by atoms with Gasteiger partial charge in [-0.2, -0.15) is 0 Å². The Kier molecular flexibility index (Phi) is 1.77. The molecule has 0 saturated heterocycles. The first-order chi connectivity index (χ1) is 2.56. The lowest BCUT2D eigenvalue weighted by molar-refractivity contribution is 0.0729. The fourth-order valence-corrected chi connectivity index (χ4v) is 0. The van der Waals surface area contributed by atoms with E-state index in [1.54, 1.807) is 6.92 Å². The van der Waals surface area contributed by atoms with Gasteiger partial charge in [0.25, 0.3) is 0 Å². The van der Waals surface area contributed by atoms with E-state index in [2.05, 4.69) is 0 Å². The van der Waals surface area contributed by atoms with Gasteiger partial charge in [-0.1, -0.05) is 0 Å². The van der Waals surface area contributed by atoms with Gasteiger partial charge in [0.15, 0.2) is 0 Å². The van der Waals surface area contributed by atoms with Gasteiger partial charge in [0.2, 0.25) is 0 Å². The molecule has 0 spiro atoms. The maximum Gasteiger partial charge on any atom is 0.0675 e. The Morgan fingerprint density at radius 2 is 2.00 bits per heavy atom. The third kappa shape index (κ3) is 4.14. The van der Waals surface area contributed by atoms with E-state index >= 15 is 0 Å². The molecular formula is C3H10O2Si. The molecule has 0 aliphatic carbocycles. The normalized spacial score (nSPS) is 20.5. The highest BCUT2D eigenvalue weighted by molar-refractivity contribution is 6.14. The molecule has 1 atom stereocenters. The molecule has 0 radical (unpaired) electrons. The predicted octanol–water partition coefficient (Wildman–Crippen LogP) is -1.95. The number of rotatable bonds is 1. The van der Waals surface area contributed by atoms with E-state index in [1.807, 2.05) is 0 Å². The Hall–Kier alpha value is 0.137. The van der Waals surface area contributed by atoms with E-state index in [4.69, 9.17) is 10.2 Å². The molecule has 0 saturated carbocycles. The van der Waals surface area contributed by atoms with Crippen molar-refractivity contribution in [3.05, 3.63) is 0 Å². The number of aliphatic hydroxyl groups is 2. The molecule has 38 valence electrons. The molecule has 0 amide bonds. The molecule has 0 aromatic carbocycles. The highest BCUT2D eigenvalue weighted by Crippen LogP contribution is 1.89. The van der Waals surface area contributed by atoms with Crippen LogP contribution in [0, 0.1) is 0 Å². The minimum atomic E-state index is -0.764. The first-order valence-corrected chi connectivity index (χ1v) is 2.89. The minimum Gasteiger partial charge on any atom is -0.394 e. The maximum atomic E-state index is 8.64. The molecule has 0 rings (SSSR count). The van der Waals surface area contributed by atoms with Crippen LogP contribution in [-0.2, 0) is 0 Å². The van der Waals surface area contributed by atoms with Gasteiger partial charge < -0.3 is 10.2 Å². The van der Waals surface area contributed by atoms with Crippen molar-refractivity contribution in [3.8, 4) is 0 Å². The first kappa shape index (κ1) is 6.14. The largest absolute Gasteiger partial charge is 0.394 e. The van der Waals surface area contributed by atoms with E-state index in [9.17, 15) is 0 Å². The molecule has 1 unspecified atom stereocenters. The van der Waals surface area contributed by atoms with Crippen LogP contribution in [0.15, 0.2) is 0 Å². The van der Waals surface area contributed by atoms with E-state index in [0.717, 1.165) is 0 Å². The second-order valence-corrected chi connectivity index (χ2v) is 4.12. The fourth-order valence-electron chi connectivity index (χ4n) is 0. The van der Waals surface area contributed by atoms with Crippen molar-refractivity contribution in [2.24, 2.45) is 0 Å². The monoisotopic (exact) mass is 106 g/mol. The molecule has 3 heteroatoms. The summed E-state index contributed by atoms with van der Waals surface area (Å²) in [4.78, 5) is 0. The summed E-state index contributed by atoms with van der Waals surface area (Å²) >= 11 is 0. The Labute approximate surface area is 40.2 Å². The summed E-state index contributed by atoms with van der Waals surface area (Å²) in [7, 11) is 0.634. The topological polar surface area (TPSA) is 40.5 Å². The van der Waals surface area contributed by atoms with Crippen molar-refractivity contribution in [1.29, 1.82) is 0 Å². The molecule has 0 aromatic rings. The van der Waals surface area contributed by atoms with Gasteiger partial charge in [0, 0.05) is 10.2 Å². The average Bonchev–Trinajstić information content (AvgIpc) is 1.35. The Morgan fingerprint density at radius 1 is 1.83 bits per heavy atom. The zero-order chi connectivity index (χ0) is 5.21. The molecule has 0 aliphatic heterocycles. The zero-order valence-corrected chi connectivity index (χ0v) is 6.10. The SMILES string of the molecule is CC(O)([SiH3])CO. The third-order valence-electron chi connectivity index (χ3n) is 0.387. The van der Waals surface area contributed by atoms with Gasteiger partial charge in [0.1, 0.15) is 0 Å². The van der Waals surface area contributed by atoms with Crippen molar-refractivity contribution in [2.45, 2.75) is 12.1 Å². The predicted molar refractivity (Wildman–Crippen MR) is 27.6 cm³/mol. The van der Waals surface area contributed by atoms with E-state index in [1.165, 1.54) is 0 Å². The summed E-state index contributed by atoms with van der Waals surface area (Å²) in [6.07, 6.45) is 0. The molecule has 2 N–H and O–H groups in total. The molecule has 0 heterocycles. The van der Waals surface area contributed by atoms with Crippen molar-refractivity contribution >= 4 is 10.2 Å². The second kappa shape index (κ2) is 1.73. The molecule has 0 bridgehead atoms. The molecule has 0 fully saturated rings. The van der Waals surface area contributed by atoms with Crippen molar-refractivity contribution in [3.63, 3.8) is 0 Å². The van der Waals surface area contributed by atoms with Crippen LogP contribution < -0.4 is 0 Å². The summed E-state index contributed by atoms with van der Waals surface area (Å²) in [5.74, 6) is 0. The molecule has 0 aromatic heterocycles. The second-order valence-electron chi connectivity index (χ2n) is 1.97. The number of hydrogen-bond donors (Lipinski definition) is 2. The van der Waals surface area contributed by atoms with Crippen molar-refractivity contribution in [2.75, 3.05) is 6.61 Å². The lowest BCUT2D eigenvalue weighted by atomic mass is 10.4. The summed E-state index contributed by atoms with van der Waals surface area (Å²) in [5, 5.41) is 16.1. The third-order valence-corrected chi connectivity index (χ3v) is 0.703. The van der Waals surface area contributed by atoms with Crippen LogP contribution >= 0.6 is 0 Å². The number of hydrogen-bond acceptors (Lipinski definition) is 2. The van der Waals surface area contributed by atoms with Crippen LogP contribution in [0.3, 0.4) is 0 Å². The number of aliphatic hydroxyl groups excluding tert-OH is 1.